The number of hydrogen-bond donors (Lipinski definition) is 0. The monoisotopic (exact) mass is 1070 g/mol. The van der Waals surface area contributed by atoms with E-state index in [2.05, 4.69) is 313 Å². The van der Waals surface area contributed by atoms with Gasteiger partial charge in [-0.1, -0.05) is 214 Å². The van der Waals surface area contributed by atoms with Gasteiger partial charge in [0, 0.05) is 51.3 Å². The number of anilines is 4. The van der Waals surface area contributed by atoms with Gasteiger partial charge in [-0.3, -0.25) is 4.57 Å². The Balaban J connectivity index is 1.10. The molecule has 8 aromatic carbocycles. The minimum Gasteiger partial charge on any atom is -0.457 e. The maximum atomic E-state index is 7.34. The average Bonchev–Trinajstić information content (AvgIpc) is 4.22. The van der Waals surface area contributed by atoms with Crippen LogP contribution in [-0.2, 0) is 32.5 Å². The van der Waals surface area contributed by atoms with Crippen LogP contribution >= 0.6 is 0 Å². The van der Waals surface area contributed by atoms with Gasteiger partial charge >= 0.3 is 0 Å². The van der Waals surface area contributed by atoms with Gasteiger partial charge in [-0.15, -0.1) is 0 Å². The molecule has 81 heavy (non-hydrogen) atoms. The number of hydrogen-bond acceptors (Lipinski definition) is 4. The van der Waals surface area contributed by atoms with Gasteiger partial charge in [0.2, 0.25) is 0 Å². The van der Waals surface area contributed by atoms with Crippen LogP contribution in [0.1, 0.15) is 155 Å². The maximum absolute atomic E-state index is 7.34. The minimum atomic E-state index is -0.374. The van der Waals surface area contributed by atoms with Crippen molar-refractivity contribution in [1.82, 2.24) is 9.55 Å². The van der Waals surface area contributed by atoms with Crippen molar-refractivity contribution in [2.24, 2.45) is 0 Å². The first kappa shape index (κ1) is 55.0. The van der Waals surface area contributed by atoms with E-state index >= 15 is 0 Å². The summed E-state index contributed by atoms with van der Waals surface area (Å²) in [5.41, 5.74) is 18.4. The molecule has 5 heteroatoms. The summed E-state index contributed by atoms with van der Waals surface area (Å²) in [6.45, 7) is 37.8. The molecule has 412 valence electrons. The predicted molar refractivity (Wildman–Crippen MR) is 344 cm³/mol. The van der Waals surface area contributed by atoms with E-state index in [1.807, 2.05) is 6.20 Å². The standard InChI is InChI=1S/C76H82N4O/c1-71(2,3)54-32-35-66-63(43-54)62-34-33-60(46-67(62)80(66)70-44-55(36-37-77-70)75(13,14)52-28-22-18-23-29-52)81-61-42-57(76(15,16)53-30-24-19-25-31-53)41-59(45-61)79-49-78(68-47-64(73(7,8)9)65(48-69(68)79)74(10,11)12)58-39-51(50-26-20-17-21-27-50)38-56(40-58)72(4,5)6/h17-48H,49H2,1-16H3. The molecule has 1 aliphatic rings. The summed E-state index contributed by atoms with van der Waals surface area (Å²) in [7, 11) is 0. The molecule has 0 radical (unpaired) electrons. The summed E-state index contributed by atoms with van der Waals surface area (Å²) in [5.74, 6) is 2.40. The SMILES string of the molecule is CC(C)(C)c1cc(-c2ccccc2)cc(N2CN(c3cc(Oc4ccc5c6cc(C(C)(C)C)ccc6n(-c6cc(C(C)(C)c7ccccc7)ccn6)c5c4)cc(C(C)(C)c4ccccc4)c3)c3cc(C(C)(C)C)c(C(C)(C)C)cc32)c1. The first-order chi connectivity index (χ1) is 38.2. The zero-order valence-corrected chi connectivity index (χ0v) is 50.9. The molecule has 0 unspecified atom stereocenters. The van der Waals surface area contributed by atoms with Crippen LogP contribution in [0.3, 0.4) is 0 Å². The van der Waals surface area contributed by atoms with E-state index in [-0.39, 0.29) is 32.5 Å². The molecule has 0 fully saturated rings. The van der Waals surface area contributed by atoms with E-state index in [0.717, 1.165) is 45.0 Å². The lowest BCUT2D eigenvalue weighted by atomic mass is 9.74. The van der Waals surface area contributed by atoms with E-state index in [4.69, 9.17) is 9.72 Å². The molecule has 0 saturated heterocycles. The Morgan fingerprint density at radius 2 is 0.901 bits per heavy atom. The molecule has 1 aliphatic heterocycles. The number of benzene rings is 8. The topological polar surface area (TPSA) is 33.5 Å². The van der Waals surface area contributed by atoms with E-state index in [1.165, 1.54) is 72.5 Å². The fraction of sp³-hybridized carbons (Fsp3) is 0.303. The third-order valence-electron chi connectivity index (χ3n) is 17.2. The molecule has 0 amide bonds. The van der Waals surface area contributed by atoms with Gasteiger partial charge in [0.1, 0.15) is 24.0 Å². The van der Waals surface area contributed by atoms with Crippen molar-refractivity contribution in [2.75, 3.05) is 16.5 Å². The average molecular weight is 1070 g/mol. The molecule has 10 aromatic rings. The lowest BCUT2D eigenvalue weighted by Gasteiger charge is -2.32. The van der Waals surface area contributed by atoms with Crippen LogP contribution in [0, 0.1) is 0 Å². The molecule has 11 rings (SSSR count). The Labute approximate surface area is 483 Å². The van der Waals surface area contributed by atoms with Crippen LogP contribution in [0.2, 0.25) is 0 Å². The van der Waals surface area contributed by atoms with Crippen molar-refractivity contribution in [3.63, 3.8) is 0 Å². The second kappa shape index (κ2) is 20.0. The second-order valence-corrected chi connectivity index (χ2v) is 28.0. The Bertz CT molecular complexity index is 3970. The van der Waals surface area contributed by atoms with Crippen molar-refractivity contribution in [3.8, 4) is 28.4 Å². The highest BCUT2D eigenvalue weighted by Gasteiger charge is 2.36. The zero-order valence-electron chi connectivity index (χ0n) is 50.9. The normalized spacial score (nSPS) is 13.6. The summed E-state index contributed by atoms with van der Waals surface area (Å²) < 4.78 is 9.68. The summed E-state index contributed by atoms with van der Waals surface area (Å²) in [5, 5.41) is 2.35. The van der Waals surface area contributed by atoms with Gasteiger partial charge in [-0.05, 0) is 150 Å². The lowest BCUT2D eigenvalue weighted by molar-refractivity contribution is 0.480. The van der Waals surface area contributed by atoms with E-state index in [0.29, 0.717) is 6.67 Å². The van der Waals surface area contributed by atoms with E-state index in [1.54, 1.807) is 0 Å². The lowest BCUT2D eigenvalue weighted by Crippen LogP contribution is -2.25. The van der Waals surface area contributed by atoms with Crippen molar-refractivity contribution < 1.29 is 4.74 Å². The van der Waals surface area contributed by atoms with E-state index in [9.17, 15) is 0 Å². The van der Waals surface area contributed by atoms with Crippen LogP contribution in [0.15, 0.2) is 194 Å². The summed E-state index contributed by atoms with van der Waals surface area (Å²) >= 11 is 0. The largest absolute Gasteiger partial charge is 0.457 e. The molecular weight excluding hydrogens is 985 g/mol. The molecule has 0 spiro atoms. The number of fused-ring (bicyclic) bond motifs is 4. The molecule has 0 bridgehead atoms. The Hall–Kier alpha value is -7.89. The molecular formula is C76H82N4O. The van der Waals surface area contributed by atoms with Gasteiger partial charge in [-0.2, -0.15) is 0 Å². The van der Waals surface area contributed by atoms with Gasteiger partial charge in [0.25, 0.3) is 0 Å². The van der Waals surface area contributed by atoms with Crippen LogP contribution in [0.25, 0.3) is 38.8 Å². The van der Waals surface area contributed by atoms with Gasteiger partial charge in [0.05, 0.1) is 22.4 Å². The van der Waals surface area contributed by atoms with Crippen LogP contribution in [0.5, 0.6) is 11.5 Å². The first-order valence-electron chi connectivity index (χ1n) is 29.1. The summed E-state index contributed by atoms with van der Waals surface area (Å²) in [6, 6.07) is 69.6. The van der Waals surface area contributed by atoms with Crippen LogP contribution in [0.4, 0.5) is 22.7 Å². The second-order valence-electron chi connectivity index (χ2n) is 28.0. The van der Waals surface area contributed by atoms with Gasteiger partial charge < -0.3 is 14.5 Å². The fourth-order valence-electron chi connectivity index (χ4n) is 12.0. The highest BCUT2D eigenvalue weighted by atomic mass is 16.5. The number of ether oxygens (including phenoxy) is 1. The quantitative estimate of drug-likeness (QED) is 0.137. The highest BCUT2D eigenvalue weighted by Crippen LogP contribution is 2.52. The molecule has 0 atom stereocenters. The molecule has 0 saturated carbocycles. The summed E-state index contributed by atoms with van der Waals surface area (Å²) in [4.78, 5) is 10.2. The Morgan fingerprint density at radius 3 is 1.47 bits per heavy atom. The van der Waals surface area contributed by atoms with Crippen molar-refractivity contribution in [1.29, 1.82) is 0 Å². The number of pyridine rings is 1. The molecule has 0 aliphatic carbocycles. The number of nitrogens with zero attached hydrogens (tertiary/aromatic N) is 4. The maximum Gasteiger partial charge on any atom is 0.137 e. The first-order valence-corrected chi connectivity index (χ1v) is 29.1. The molecule has 0 N–H and O–H groups in total. The fourth-order valence-corrected chi connectivity index (χ4v) is 12.0. The van der Waals surface area contributed by atoms with Gasteiger partial charge in [-0.25, -0.2) is 4.98 Å². The molecule has 2 aromatic heterocycles. The Morgan fingerprint density at radius 1 is 0.358 bits per heavy atom. The van der Waals surface area contributed by atoms with Crippen molar-refractivity contribution >= 4 is 44.6 Å². The molecule has 5 nitrogen and oxygen atoms in total. The predicted octanol–water partition coefficient (Wildman–Crippen LogP) is 20.7. The number of rotatable bonds is 10. The third-order valence-corrected chi connectivity index (χ3v) is 17.2. The van der Waals surface area contributed by atoms with Crippen molar-refractivity contribution in [2.45, 2.75) is 143 Å². The smallest absolute Gasteiger partial charge is 0.137 e. The van der Waals surface area contributed by atoms with Crippen LogP contribution in [-0.4, -0.2) is 16.2 Å². The van der Waals surface area contributed by atoms with Gasteiger partial charge in [0.15, 0.2) is 0 Å². The minimum absolute atomic E-state index is 0.0303. The molecule has 3 heterocycles. The van der Waals surface area contributed by atoms with E-state index < -0.39 is 0 Å². The highest BCUT2D eigenvalue weighted by molar-refractivity contribution is 6.10. The zero-order chi connectivity index (χ0) is 57.6. The Kier molecular flexibility index (Phi) is 13.6. The summed E-state index contributed by atoms with van der Waals surface area (Å²) in [6.07, 6.45) is 1.97. The number of aromatic nitrogens is 2. The third kappa shape index (κ3) is 10.5. The van der Waals surface area contributed by atoms with Crippen molar-refractivity contribution in [3.05, 3.63) is 239 Å². The van der Waals surface area contributed by atoms with Crippen LogP contribution < -0.4 is 14.5 Å².